The Morgan fingerprint density at radius 2 is 1.62 bits per heavy atom. The van der Waals surface area contributed by atoms with Gasteiger partial charge in [0.1, 0.15) is 17.9 Å². The molecule has 5 rings (SSSR count). The Morgan fingerprint density at radius 1 is 0.931 bits per heavy atom. The first kappa shape index (κ1) is 18.0. The molecule has 148 valence electrons. The Hall–Kier alpha value is -3.03. The first-order chi connectivity index (χ1) is 14.1. The van der Waals surface area contributed by atoms with Crippen molar-refractivity contribution >= 4 is 15.8 Å². The van der Waals surface area contributed by atoms with Crippen LogP contribution < -0.4 is 14.0 Å². The third kappa shape index (κ3) is 2.94. The number of para-hydroxylation sites is 1. The van der Waals surface area contributed by atoms with Gasteiger partial charge in [0.05, 0.1) is 12.8 Å². The molecule has 2 aliphatic rings. The summed E-state index contributed by atoms with van der Waals surface area (Å²) >= 11 is 0. The van der Waals surface area contributed by atoms with E-state index in [2.05, 4.69) is 0 Å². The van der Waals surface area contributed by atoms with Gasteiger partial charge < -0.3 is 8.92 Å². The summed E-state index contributed by atoms with van der Waals surface area (Å²) in [5.74, 6) is 0.797. The molecule has 3 atom stereocenters. The number of hydrogen-bond donors (Lipinski definition) is 0. The summed E-state index contributed by atoms with van der Waals surface area (Å²) in [4.78, 5) is 6.27. The molecule has 0 aromatic heterocycles. The van der Waals surface area contributed by atoms with E-state index in [0.717, 1.165) is 16.8 Å². The number of ether oxygens (including phenoxy) is 1. The standard InChI is InChI=1S/C22H19NO5S/c1-26-17-12-13-18-19(14-17)28-29(24,25)22-20(18)23(16-10-6-3-7-11-16)27-21(22)15-8-4-2-5-9-15/h2-14,20-22H,1H3/t20-,21-,22+/m0/s1. The summed E-state index contributed by atoms with van der Waals surface area (Å²) in [6.07, 6.45) is -0.693. The highest BCUT2D eigenvalue weighted by Crippen LogP contribution is 2.53. The van der Waals surface area contributed by atoms with Gasteiger partial charge >= 0.3 is 10.1 Å². The van der Waals surface area contributed by atoms with Gasteiger partial charge in [-0.05, 0) is 29.8 Å². The topological polar surface area (TPSA) is 65.1 Å². The highest BCUT2D eigenvalue weighted by atomic mass is 32.2. The van der Waals surface area contributed by atoms with Gasteiger partial charge in [0.25, 0.3) is 0 Å². The summed E-state index contributed by atoms with van der Waals surface area (Å²) in [7, 11) is -2.43. The van der Waals surface area contributed by atoms with Crippen LogP contribution in [0.2, 0.25) is 0 Å². The number of nitrogens with zero attached hydrogens (tertiary/aromatic N) is 1. The van der Waals surface area contributed by atoms with E-state index in [1.54, 1.807) is 17.2 Å². The van der Waals surface area contributed by atoms with Crippen molar-refractivity contribution in [3.05, 3.63) is 90.0 Å². The van der Waals surface area contributed by atoms with Crippen molar-refractivity contribution < 1.29 is 22.2 Å². The number of benzene rings is 3. The van der Waals surface area contributed by atoms with E-state index in [-0.39, 0.29) is 5.75 Å². The van der Waals surface area contributed by atoms with E-state index >= 15 is 0 Å². The molecular formula is C22H19NO5S. The first-order valence-electron chi connectivity index (χ1n) is 9.26. The third-order valence-electron chi connectivity index (χ3n) is 5.31. The molecule has 1 saturated heterocycles. The second-order valence-corrected chi connectivity index (χ2v) is 8.68. The van der Waals surface area contributed by atoms with Crippen molar-refractivity contribution in [1.82, 2.24) is 0 Å². The number of hydroxylamine groups is 1. The average molecular weight is 409 g/mol. The van der Waals surface area contributed by atoms with E-state index in [0.29, 0.717) is 5.75 Å². The van der Waals surface area contributed by atoms with Crippen LogP contribution >= 0.6 is 0 Å². The number of hydrogen-bond acceptors (Lipinski definition) is 6. The van der Waals surface area contributed by atoms with Crippen molar-refractivity contribution in [2.45, 2.75) is 17.4 Å². The highest BCUT2D eigenvalue weighted by Gasteiger charge is 2.56. The third-order valence-corrected chi connectivity index (χ3v) is 6.89. The Morgan fingerprint density at radius 3 is 2.31 bits per heavy atom. The van der Waals surface area contributed by atoms with Crippen molar-refractivity contribution in [1.29, 1.82) is 0 Å². The lowest BCUT2D eigenvalue weighted by Gasteiger charge is -2.32. The Balaban J connectivity index is 1.71. The lowest BCUT2D eigenvalue weighted by molar-refractivity contribution is 0.0843. The second-order valence-electron chi connectivity index (χ2n) is 6.99. The maximum atomic E-state index is 13.2. The average Bonchev–Trinajstić information content (AvgIpc) is 3.16. The molecule has 1 fully saturated rings. The molecule has 2 aliphatic heterocycles. The van der Waals surface area contributed by atoms with Gasteiger partial charge in [0.15, 0.2) is 11.0 Å². The minimum atomic E-state index is -3.96. The SMILES string of the molecule is COc1ccc2c(c1)OS(=O)(=O)[C@H]1[C@H](c3ccccc3)ON(c3ccccc3)[C@@H]21. The summed E-state index contributed by atoms with van der Waals surface area (Å²) in [5.41, 5.74) is 2.30. The fourth-order valence-corrected chi connectivity index (χ4v) is 5.58. The number of fused-ring (bicyclic) bond motifs is 3. The minimum Gasteiger partial charge on any atom is -0.497 e. The van der Waals surface area contributed by atoms with Crippen molar-refractivity contribution in [3.63, 3.8) is 0 Å². The summed E-state index contributed by atoms with van der Waals surface area (Å²) in [6.45, 7) is 0. The van der Waals surface area contributed by atoms with E-state index in [1.165, 1.54) is 7.11 Å². The molecule has 3 aromatic rings. The molecule has 0 amide bonds. The van der Waals surface area contributed by atoms with Crippen LogP contribution in [0, 0.1) is 0 Å². The van der Waals surface area contributed by atoms with Crippen molar-refractivity contribution in [2.75, 3.05) is 12.2 Å². The van der Waals surface area contributed by atoms with E-state index < -0.39 is 27.5 Å². The van der Waals surface area contributed by atoms with E-state index in [9.17, 15) is 8.42 Å². The van der Waals surface area contributed by atoms with Crippen LogP contribution in [0.25, 0.3) is 0 Å². The normalized spacial score (nSPS) is 24.3. The first-order valence-corrected chi connectivity index (χ1v) is 10.7. The molecule has 3 aromatic carbocycles. The van der Waals surface area contributed by atoms with Crippen molar-refractivity contribution in [3.8, 4) is 11.5 Å². The highest BCUT2D eigenvalue weighted by molar-refractivity contribution is 7.87. The van der Waals surface area contributed by atoms with E-state index in [4.69, 9.17) is 13.8 Å². The van der Waals surface area contributed by atoms with Crippen molar-refractivity contribution in [2.24, 2.45) is 0 Å². The molecule has 0 bridgehead atoms. The number of rotatable bonds is 3. The summed E-state index contributed by atoms with van der Waals surface area (Å²) in [6, 6.07) is 23.5. The Kier molecular flexibility index (Phi) is 4.22. The minimum absolute atomic E-state index is 0.267. The van der Waals surface area contributed by atoms with Crippen LogP contribution in [-0.4, -0.2) is 20.8 Å². The lowest BCUT2D eigenvalue weighted by atomic mass is 9.96. The van der Waals surface area contributed by atoms with Gasteiger partial charge in [-0.3, -0.25) is 4.84 Å². The predicted octanol–water partition coefficient (Wildman–Crippen LogP) is 4.02. The van der Waals surface area contributed by atoms with Crippen LogP contribution in [0.5, 0.6) is 11.5 Å². The molecular weight excluding hydrogens is 390 g/mol. The molecule has 2 heterocycles. The van der Waals surface area contributed by atoms with Gasteiger partial charge in [-0.2, -0.15) is 8.42 Å². The molecule has 0 radical (unpaired) electrons. The molecule has 0 N–H and O–H groups in total. The predicted molar refractivity (Wildman–Crippen MR) is 108 cm³/mol. The van der Waals surface area contributed by atoms with Crippen LogP contribution in [-0.2, 0) is 15.0 Å². The maximum Gasteiger partial charge on any atom is 0.317 e. The Labute approximate surface area is 169 Å². The maximum absolute atomic E-state index is 13.2. The largest absolute Gasteiger partial charge is 0.497 e. The lowest BCUT2D eigenvalue weighted by Crippen LogP contribution is -2.39. The molecule has 0 aliphatic carbocycles. The summed E-state index contributed by atoms with van der Waals surface area (Å²) in [5, 5.41) is 0.777. The molecule has 7 heteroatoms. The smallest absolute Gasteiger partial charge is 0.317 e. The van der Waals surface area contributed by atoms with Crippen LogP contribution in [0.3, 0.4) is 0 Å². The monoisotopic (exact) mass is 409 g/mol. The van der Waals surface area contributed by atoms with Gasteiger partial charge in [-0.25, -0.2) is 5.06 Å². The summed E-state index contributed by atoms with van der Waals surface area (Å²) < 4.78 is 37.2. The van der Waals surface area contributed by atoms with Gasteiger partial charge in [0, 0.05) is 11.6 Å². The van der Waals surface area contributed by atoms with Crippen LogP contribution in [0.1, 0.15) is 23.3 Å². The van der Waals surface area contributed by atoms with Crippen LogP contribution in [0.15, 0.2) is 78.9 Å². The van der Waals surface area contributed by atoms with Gasteiger partial charge in [-0.1, -0.05) is 48.5 Å². The zero-order valence-electron chi connectivity index (χ0n) is 15.6. The molecule has 0 saturated carbocycles. The quantitative estimate of drug-likeness (QED) is 0.609. The Bertz CT molecular complexity index is 1130. The van der Waals surface area contributed by atoms with Crippen LogP contribution in [0.4, 0.5) is 5.69 Å². The molecule has 6 nitrogen and oxygen atoms in total. The molecule has 0 spiro atoms. The fraction of sp³-hybridized carbons (Fsp3) is 0.182. The second kappa shape index (κ2) is 6.79. The number of methoxy groups -OCH3 is 1. The van der Waals surface area contributed by atoms with Gasteiger partial charge in [0.2, 0.25) is 0 Å². The number of anilines is 1. The zero-order chi connectivity index (χ0) is 20.0. The molecule has 29 heavy (non-hydrogen) atoms. The van der Waals surface area contributed by atoms with Gasteiger partial charge in [-0.15, -0.1) is 0 Å². The van der Waals surface area contributed by atoms with E-state index in [1.807, 2.05) is 66.7 Å². The zero-order valence-corrected chi connectivity index (χ0v) is 16.5. The molecule has 0 unspecified atom stereocenters. The fourth-order valence-electron chi connectivity index (χ4n) is 3.99.